The Morgan fingerprint density at radius 1 is 1.47 bits per heavy atom. The molecule has 0 amide bonds. The fourth-order valence-electron chi connectivity index (χ4n) is 2.94. The van der Waals surface area contributed by atoms with Gasteiger partial charge in [0.05, 0.1) is 7.11 Å². The summed E-state index contributed by atoms with van der Waals surface area (Å²) < 4.78 is 5.44. The molecule has 19 heavy (non-hydrogen) atoms. The molecule has 3 nitrogen and oxygen atoms in total. The van der Waals surface area contributed by atoms with Crippen LogP contribution in [-0.2, 0) is 6.54 Å². The van der Waals surface area contributed by atoms with E-state index in [1.54, 1.807) is 7.11 Å². The second kappa shape index (κ2) is 6.16. The van der Waals surface area contributed by atoms with Gasteiger partial charge < -0.3 is 10.5 Å². The Morgan fingerprint density at radius 2 is 2.21 bits per heavy atom. The quantitative estimate of drug-likeness (QED) is 0.898. The van der Waals surface area contributed by atoms with Crippen LogP contribution < -0.4 is 10.5 Å². The topological polar surface area (TPSA) is 38.5 Å². The van der Waals surface area contributed by atoms with Gasteiger partial charge in [-0.25, -0.2) is 0 Å². The fraction of sp³-hybridized carbons (Fsp3) is 0.600. The molecule has 1 aliphatic rings. The van der Waals surface area contributed by atoms with Crippen molar-refractivity contribution in [2.24, 2.45) is 5.73 Å². The molecule has 0 aromatic heterocycles. The number of ether oxygens (including phenoxy) is 1. The second-order valence-corrected chi connectivity index (χ2v) is 6.69. The zero-order valence-corrected chi connectivity index (χ0v) is 12.9. The first-order chi connectivity index (χ1) is 9.14. The minimum Gasteiger partial charge on any atom is -0.496 e. The molecule has 0 saturated carbocycles. The van der Waals surface area contributed by atoms with Gasteiger partial charge in [-0.3, -0.25) is 4.90 Å². The van der Waals surface area contributed by atoms with E-state index in [0.29, 0.717) is 11.8 Å². The SMILES string of the molecule is COc1ccccc1CN(C)C1(CN)CCSC1C. The summed E-state index contributed by atoms with van der Waals surface area (Å²) in [5, 5.41) is 0.581. The van der Waals surface area contributed by atoms with Crippen molar-refractivity contribution in [1.82, 2.24) is 4.90 Å². The molecule has 4 heteroatoms. The standard InChI is InChI=1S/C15H24N2OS/c1-12-15(11-16,8-9-19-12)17(2)10-13-6-4-5-7-14(13)18-3/h4-7,12H,8-11,16H2,1-3H3. The van der Waals surface area contributed by atoms with Crippen molar-refractivity contribution in [2.45, 2.75) is 30.7 Å². The molecule has 1 aliphatic heterocycles. The van der Waals surface area contributed by atoms with Gasteiger partial charge in [0.1, 0.15) is 5.75 Å². The summed E-state index contributed by atoms with van der Waals surface area (Å²) >= 11 is 2.02. The van der Waals surface area contributed by atoms with Crippen LogP contribution in [0.3, 0.4) is 0 Å². The maximum absolute atomic E-state index is 6.10. The van der Waals surface area contributed by atoms with Gasteiger partial charge in [-0.05, 0) is 25.3 Å². The van der Waals surface area contributed by atoms with E-state index in [-0.39, 0.29) is 5.54 Å². The lowest BCUT2D eigenvalue weighted by Gasteiger charge is -2.41. The van der Waals surface area contributed by atoms with E-state index in [2.05, 4.69) is 31.0 Å². The van der Waals surface area contributed by atoms with Crippen LogP contribution in [0.25, 0.3) is 0 Å². The zero-order valence-electron chi connectivity index (χ0n) is 12.1. The Morgan fingerprint density at radius 3 is 2.79 bits per heavy atom. The number of hydrogen-bond acceptors (Lipinski definition) is 4. The van der Waals surface area contributed by atoms with Gasteiger partial charge in [-0.15, -0.1) is 0 Å². The van der Waals surface area contributed by atoms with Crippen LogP contribution >= 0.6 is 11.8 Å². The van der Waals surface area contributed by atoms with Crippen LogP contribution in [-0.4, -0.2) is 42.1 Å². The van der Waals surface area contributed by atoms with Gasteiger partial charge in [-0.1, -0.05) is 25.1 Å². The number of nitrogens with zero attached hydrogens (tertiary/aromatic N) is 1. The molecule has 0 spiro atoms. The average molecular weight is 280 g/mol. The van der Waals surface area contributed by atoms with Crippen LogP contribution in [0.1, 0.15) is 18.9 Å². The number of likely N-dealkylation sites (N-methyl/N-ethyl adjacent to an activating group) is 1. The van der Waals surface area contributed by atoms with Gasteiger partial charge in [-0.2, -0.15) is 11.8 Å². The molecule has 2 unspecified atom stereocenters. The number of nitrogens with two attached hydrogens (primary N) is 1. The number of methoxy groups -OCH3 is 1. The first kappa shape index (κ1) is 14.7. The molecule has 1 heterocycles. The Labute approximate surface area is 120 Å². The highest BCUT2D eigenvalue weighted by Gasteiger charge is 2.43. The summed E-state index contributed by atoms with van der Waals surface area (Å²) in [7, 11) is 3.91. The molecule has 0 aliphatic carbocycles. The molecule has 1 aromatic rings. The first-order valence-corrected chi connectivity index (χ1v) is 7.83. The molecule has 0 bridgehead atoms. The summed E-state index contributed by atoms with van der Waals surface area (Å²) in [5.74, 6) is 2.16. The molecule has 0 radical (unpaired) electrons. The number of benzene rings is 1. The molecule has 1 fully saturated rings. The van der Waals surface area contributed by atoms with E-state index >= 15 is 0 Å². The van der Waals surface area contributed by atoms with Crippen molar-refractivity contribution in [3.8, 4) is 5.75 Å². The predicted octanol–water partition coefficient (Wildman–Crippen LogP) is 2.35. The monoisotopic (exact) mass is 280 g/mol. The Bertz CT molecular complexity index is 426. The minimum atomic E-state index is 0.117. The number of para-hydroxylation sites is 1. The second-order valence-electron chi connectivity index (χ2n) is 5.24. The van der Waals surface area contributed by atoms with Crippen LogP contribution in [0, 0.1) is 0 Å². The van der Waals surface area contributed by atoms with Crippen LogP contribution in [0.4, 0.5) is 0 Å². The van der Waals surface area contributed by atoms with Gasteiger partial charge in [0, 0.05) is 29.4 Å². The number of rotatable bonds is 5. The molecule has 106 valence electrons. The van der Waals surface area contributed by atoms with Crippen LogP contribution in [0.2, 0.25) is 0 Å². The molecular formula is C15H24N2OS. The smallest absolute Gasteiger partial charge is 0.123 e. The van der Waals surface area contributed by atoms with E-state index < -0.39 is 0 Å². The maximum Gasteiger partial charge on any atom is 0.123 e. The minimum absolute atomic E-state index is 0.117. The third-order valence-electron chi connectivity index (χ3n) is 4.37. The van der Waals surface area contributed by atoms with E-state index in [1.165, 1.54) is 17.7 Å². The number of hydrogen-bond donors (Lipinski definition) is 1. The summed E-state index contributed by atoms with van der Waals surface area (Å²) in [5.41, 5.74) is 7.44. The first-order valence-electron chi connectivity index (χ1n) is 6.79. The summed E-state index contributed by atoms with van der Waals surface area (Å²) in [6.45, 7) is 3.89. The molecule has 1 saturated heterocycles. The fourth-order valence-corrected chi connectivity index (χ4v) is 4.47. The summed E-state index contributed by atoms with van der Waals surface area (Å²) in [4.78, 5) is 2.41. The number of thioether (sulfide) groups is 1. The predicted molar refractivity (Wildman–Crippen MR) is 82.8 cm³/mol. The lowest BCUT2D eigenvalue weighted by molar-refractivity contribution is 0.120. The highest BCUT2D eigenvalue weighted by Crippen LogP contribution is 2.39. The largest absolute Gasteiger partial charge is 0.496 e. The van der Waals surface area contributed by atoms with E-state index in [1.807, 2.05) is 23.9 Å². The van der Waals surface area contributed by atoms with Crippen molar-refractivity contribution in [3.05, 3.63) is 29.8 Å². The Kier molecular flexibility index (Phi) is 4.76. The van der Waals surface area contributed by atoms with E-state index in [9.17, 15) is 0 Å². The van der Waals surface area contributed by atoms with Gasteiger partial charge in [0.15, 0.2) is 0 Å². The van der Waals surface area contributed by atoms with Gasteiger partial charge in [0.25, 0.3) is 0 Å². The molecule has 1 aromatic carbocycles. The van der Waals surface area contributed by atoms with E-state index in [4.69, 9.17) is 10.5 Å². The third kappa shape index (κ3) is 2.76. The lowest BCUT2D eigenvalue weighted by atomic mass is 9.90. The van der Waals surface area contributed by atoms with E-state index in [0.717, 1.165) is 12.3 Å². The average Bonchev–Trinajstić information content (AvgIpc) is 2.81. The third-order valence-corrected chi connectivity index (χ3v) is 5.75. The van der Waals surface area contributed by atoms with Crippen molar-refractivity contribution in [2.75, 3.05) is 26.5 Å². The highest BCUT2D eigenvalue weighted by molar-refractivity contribution is 8.00. The Balaban J connectivity index is 2.18. The molecular weight excluding hydrogens is 256 g/mol. The summed E-state index contributed by atoms with van der Waals surface area (Å²) in [6, 6.07) is 8.22. The normalized spacial score (nSPS) is 26.9. The maximum atomic E-state index is 6.10. The summed E-state index contributed by atoms with van der Waals surface area (Å²) in [6.07, 6.45) is 1.17. The van der Waals surface area contributed by atoms with Gasteiger partial charge >= 0.3 is 0 Å². The van der Waals surface area contributed by atoms with Crippen molar-refractivity contribution >= 4 is 11.8 Å². The van der Waals surface area contributed by atoms with Gasteiger partial charge in [0.2, 0.25) is 0 Å². The van der Waals surface area contributed by atoms with Crippen molar-refractivity contribution < 1.29 is 4.74 Å². The Hall–Kier alpha value is -0.710. The zero-order chi connectivity index (χ0) is 13.9. The molecule has 2 atom stereocenters. The van der Waals surface area contributed by atoms with Crippen LogP contribution in [0.5, 0.6) is 5.75 Å². The van der Waals surface area contributed by atoms with Crippen LogP contribution in [0.15, 0.2) is 24.3 Å². The molecule has 2 rings (SSSR count). The lowest BCUT2D eigenvalue weighted by Crippen LogP contribution is -2.55. The molecule has 2 N–H and O–H groups in total. The highest BCUT2D eigenvalue weighted by atomic mass is 32.2. The van der Waals surface area contributed by atoms with Crippen molar-refractivity contribution in [3.63, 3.8) is 0 Å². The van der Waals surface area contributed by atoms with Crippen molar-refractivity contribution in [1.29, 1.82) is 0 Å².